The molecule has 19 heteroatoms. The molecule has 0 aromatic rings. The molecule has 3 N–H and O–H groups in total. The predicted molar refractivity (Wildman–Crippen MR) is 436 cm³/mol. The maximum absolute atomic E-state index is 13.1. The fraction of sp³-hybridized carbons (Fsp3) is 0.701. The molecule has 106 heavy (non-hydrogen) atoms. The van der Waals surface area contributed by atoms with E-state index in [0.717, 1.165) is 154 Å². The molecule has 0 aromatic carbocycles. The number of esters is 4. The normalized spacial score (nSPS) is 14.5. The van der Waals surface area contributed by atoms with Crippen LogP contribution in [-0.4, -0.2) is 96.7 Å². The highest BCUT2D eigenvalue weighted by Gasteiger charge is 2.30. The topological polar surface area (TPSA) is 237 Å². The van der Waals surface area contributed by atoms with Gasteiger partial charge >= 0.3 is 39.5 Å². The fourth-order valence-corrected chi connectivity index (χ4v) is 12.3. The van der Waals surface area contributed by atoms with Crippen LogP contribution in [0.2, 0.25) is 0 Å². The van der Waals surface area contributed by atoms with Gasteiger partial charge in [0.25, 0.3) is 0 Å². The molecule has 0 aliphatic carbocycles. The Balaban J connectivity index is 5.46. The Kier molecular flexibility index (Phi) is 74.8. The third kappa shape index (κ3) is 77.4. The lowest BCUT2D eigenvalue weighted by Gasteiger charge is -2.21. The molecule has 2 unspecified atom stereocenters. The van der Waals surface area contributed by atoms with Crippen molar-refractivity contribution in [3.63, 3.8) is 0 Å². The summed E-state index contributed by atoms with van der Waals surface area (Å²) < 4.78 is 68.6. The van der Waals surface area contributed by atoms with Crippen LogP contribution in [0, 0.1) is 0 Å². The van der Waals surface area contributed by atoms with Gasteiger partial charge in [-0.1, -0.05) is 283 Å². The first-order valence-electron chi connectivity index (χ1n) is 41.4. The van der Waals surface area contributed by atoms with Gasteiger partial charge in [-0.25, -0.2) is 9.13 Å². The lowest BCUT2D eigenvalue weighted by atomic mass is 10.1. The molecule has 0 aliphatic rings. The van der Waals surface area contributed by atoms with Gasteiger partial charge in [-0.3, -0.25) is 37.3 Å². The predicted octanol–water partition coefficient (Wildman–Crippen LogP) is 24.4. The summed E-state index contributed by atoms with van der Waals surface area (Å²) in [4.78, 5) is 73.1. The Morgan fingerprint density at radius 2 is 0.500 bits per heavy atom. The molecule has 0 saturated carbocycles. The third-order valence-electron chi connectivity index (χ3n) is 17.1. The number of aliphatic hydroxyl groups excluding tert-OH is 1. The quantitative estimate of drug-likeness (QED) is 0.0169. The van der Waals surface area contributed by atoms with E-state index < -0.39 is 97.5 Å². The minimum atomic E-state index is -5.01. The first-order chi connectivity index (χ1) is 51.7. The van der Waals surface area contributed by atoms with Crippen molar-refractivity contribution in [2.75, 3.05) is 39.6 Å². The van der Waals surface area contributed by atoms with Crippen LogP contribution in [0.15, 0.2) is 134 Å². The molecular formula is C87H148O17P2. The Hall–Kier alpha value is -4.80. The summed E-state index contributed by atoms with van der Waals surface area (Å²) in [6.07, 6.45) is 88.5. The van der Waals surface area contributed by atoms with Crippen molar-refractivity contribution in [3.05, 3.63) is 134 Å². The van der Waals surface area contributed by atoms with Crippen molar-refractivity contribution < 1.29 is 80.2 Å². The monoisotopic (exact) mass is 1530 g/mol. The van der Waals surface area contributed by atoms with Crippen LogP contribution in [-0.2, 0) is 65.4 Å². The maximum Gasteiger partial charge on any atom is 0.472 e. The first-order valence-corrected chi connectivity index (χ1v) is 44.4. The molecule has 5 atom stereocenters. The number of unbranched alkanes of at least 4 members (excludes halogenated alkanes) is 29. The standard InChI is InChI=1S/C87H148O17P2/c1-5-9-13-17-21-25-29-33-37-39-40-42-45-48-52-56-60-64-68-72-85(90)98-78-83(104-87(92)74-70-66-62-58-54-50-46-41-38-34-30-26-22-18-14-10-6-2)80-102-106(95,96)100-76-81(88)75-99-105(93,94)101-79-82(103-86(91)73-69-65-61-57-53-49-44-36-32-28-24-20-16-12-8-4)77-97-84(89)71-67-63-59-55-51-47-43-35-31-27-23-19-15-11-7-3/h9,13,21-22,25-27,31,33-34,36-38,40,42,44,46,48,50,52,58,62,81-83,88H,5-8,10-12,14-20,23-24,28-30,32,35,39,41,43,45,47,49,51,53-57,59-61,63-80H2,1-4H3,(H,93,94)(H,95,96)/b13-9-,25-21-,26-22-,31-27-,37-33-,38-34-,42-40-,44-36-,50-46-,52-48-,62-58-/t81-,82+,83+/m0/s1. The minimum Gasteiger partial charge on any atom is -0.462 e. The van der Waals surface area contributed by atoms with Gasteiger partial charge < -0.3 is 33.8 Å². The van der Waals surface area contributed by atoms with E-state index in [1.165, 1.54) is 96.3 Å². The Morgan fingerprint density at radius 1 is 0.274 bits per heavy atom. The molecule has 0 aliphatic heterocycles. The van der Waals surface area contributed by atoms with Crippen molar-refractivity contribution in [1.82, 2.24) is 0 Å². The number of ether oxygens (including phenoxy) is 4. The van der Waals surface area contributed by atoms with Gasteiger partial charge in [-0.05, 0) is 161 Å². The molecule has 0 saturated heterocycles. The first kappa shape index (κ1) is 101. The second-order valence-corrected chi connectivity index (χ2v) is 30.2. The Morgan fingerprint density at radius 3 is 0.840 bits per heavy atom. The molecule has 17 nitrogen and oxygen atoms in total. The smallest absolute Gasteiger partial charge is 0.462 e. The zero-order chi connectivity index (χ0) is 77.4. The van der Waals surface area contributed by atoms with Gasteiger partial charge in [-0.15, -0.1) is 0 Å². The number of hydrogen-bond acceptors (Lipinski definition) is 15. The lowest BCUT2D eigenvalue weighted by molar-refractivity contribution is -0.161. The summed E-state index contributed by atoms with van der Waals surface area (Å²) >= 11 is 0. The molecule has 0 bridgehead atoms. The number of phosphoric ester groups is 2. The van der Waals surface area contributed by atoms with E-state index in [-0.39, 0.29) is 25.7 Å². The Bertz CT molecular complexity index is 2530. The highest BCUT2D eigenvalue weighted by molar-refractivity contribution is 7.47. The van der Waals surface area contributed by atoms with Crippen molar-refractivity contribution in [2.45, 2.75) is 354 Å². The van der Waals surface area contributed by atoms with Crippen LogP contribution in [0.3, 0.4) is 0 Å². The highest BCUT2D eigenvalue weighted by atomic mass is 31.2. The average molecular weight is 1530 g/mol. The molecule has 0 radical (unpaired) electrons. The maximum atomic E-state index is 13.1. The van der Waals surface area contributed by atoms with Crippen molar-refractivity contribution in [2.24, 2.45) is 0 Å². The lowest BCUT2D eigenvalue weighted by Crippen LogP contribution is -2.30. The fourth-order valence-electron chi connectivity index (χ4n) is 10.8. The van der Waals surface area contributed by atoms with E-state index in [9.17, 15) is 43.2 Å². The van der Waals surface area contributed by atoms with E-state index in [4.69, 9.17) is 37.0 Å². The average Bonchev–Trinajstić information content (AvgIpc) is 0.902. The summed E-state index contributed by atoms with van der Waals surface area (Å²) in [6.45, 7) is 4.63. The van der Waals surface area contributed by atoms with Gasteiger partial charge in [0.15, 0.2) is 12.2 Å². The van der Waals surface area contributed by atoms with Crippen LogP contribution >= 0.6 is 15.6 Å². The number of phosphoric acid groups is 2. The summed E-state index contributed by atoms with van der Waals surface area (Å²) in [5.41, 5.74) is 0. The SMILES string of the molecule is CC/C=C\C/C=C\C/C=C\C/C=C\C/C=C\CCCCCC(=O)OC[C@H](COP(=O)(O)OC[C@@H](O)COP(=O)(O)OC[C@@H](COC(=O)CCCCCCCCC/C=C\CCCCCC)OC(=O)CCCCCCC/C=C\CCCCCCCC)OC(=O)CCC/C=C\C/C=C\C/C=C\C/C=C\CCCCC. The van der Waals surface area contributed by atoms with Gasteiger partial charge in [0.05, 0.1) is 26.4 Å². The van der Waals surface area contributed by atoms with E-state index in [1.54, 1.807) is 0 Å². The molecule has 0 amide bonds. The van der Waals surface area contributed by atoms with Gasteiger partial charge in [0, 0.05) is 25.7 Å². The van der Waals surface area contributed by atoms with Crippen molar-refractivity contribution >= 4 is 39.5 Å². The van der Waals surface area contributed by atoms with Crippen LogP contribution in [0.25, 0.3) is 0 Å². The van der Waals surface area contributed by atoms with E-state index >= 15 is 0 Å². The van der Waals surface area contributed by atoms with Crippen LogP contribution in [0.5, 0.6) is 0 Å². The molecule has 0 spiro atoms. The summed E-state index contributed by atoms with van der Waals surface area (Å²) in [6, 6.07) is 0. The second-order valence-electron chi connectivity index (χ2n) is 27.3. The van der Waals surface area contributed by atoms with Crippen LogP contribution < -0.4 is 0 Å². The number of hydrogen-bond donors (Lipinski definition) is 3. The van der Waals surface area contributed by atoms with E-state index in [2.05, 4.69) is 149 Å². The van der Waals surface area contributed by atoms with Crippen molar-refractivity contribution in [3.8, 4) is 0 Å². The zero-order valence-electron chi connectivity index (χ0n) is 66.6. The summed E-state index contributed by atoms with van der Waals surface area (Å²) in [7, 11) is -10.00. The largest absolute Gasteiger partial charge is 0.472 e. The highest BCUT2D eigenvalue weighted by Crippen LogP contribution is 2.45. The number of carbonyl (C=O) groups excluding carboxylic acids is 4. The molecule has 0 heterocycles. The van der Waals surface area contributed by atoms with E-state index in [0.29, 0.717) is 32.1 Å². The minimum absolute atomic E-state index is 0.00806. The van der Waals surface area contributed by atoms with Gasteiger partial charge in [-0.2, -0.15) is 0 Å². The Labute approximate surface area is 644 Å². The molecular weight excluding hydrogens is 1380 g/mol. The zero-order valence-corrected chi connectivity index (χ0v) is 68.4. The van der Waals surface area contributed by atoms with E-state index in [1.807, 2.05) is 12.2 Å². The van der Waals surface area contributed by atoms with Gasteiger partial charge in [0.2, 0.25) is 0 Å². The van der Waals surface area contributed by atoms with Crippen LogP contribution in [0.4, 0.5) is 0 Å². The van der Waals surface area contributed by atoms with Gasteiger partial charge in [0.1, 0.15) is 19.3 Å². The van der Waals surface area contributed by atoms with Crippen LogP contribution in [0.1, 0.15) is 336 Å². The molecule has 608 valence electrons. The molecule has 0 aromatic heterocycles. The summed E-state index contributed by atoms with van der Waals surface area (Å²) in [5.74, 6) is -2.29. The number of rotatable bonds is 77. The molecule has 0 rings (SSSR count). The van der Waals surface area contributed by atoms with Crippen molar-refractivity contribution in [1.29, 1.82) is 0 Å². The number of allylic oxidation sites excluding steroid dienone is 22. The number of aliphatic hydroxyl groups is 1. The number of carbonyl (C=O) groups is 4. The second kappa shape index (κ2) is 78.3. The molecule has 0 fully saturated rings. The third-order valence-corrected chi connectivity index (χ3v) is 19.0. The summed E-state index contributed by atoms with van der Waals surface area (Å²) in [5, 5.41) is 10.7.